The highest BCUT2D eigenvalue weighted by Gasteiger charge is 2.31. The van der Waals surface area contributed by atoms with Crippen LogP contribution < -0.4 is 0 Å². The van der Waals surface area contributed by atoms with Crippen LogP contribution in [0.2, 0.25) is 5.02 Å². The van der Waals surface area contributed by atoms with Gasteiger partial charge in [-0.3, -0.25) is 9.59 Å². The predicted molar refractivity (Wildman–Crippen MR) is 90.5 cm³/mol. The number of ether oxygens (including phenoxy) is 1. The lowest BCUT2D eigenvalue weighted by atomic mass is 9.93. The molecule has 1 amide bonds. The highest BCUT2D eigenvalue weighted by Crippen LogP contribution is 2.28. The van der Waals surface area contributed by atoms with Crippen molar-refractivity contribution in [2.45, 2.75) is 45.1 Å². The first-order valence-electron chi connectivity index (χ1n) is 8.28. The van der Waals surface area contributed by atoms with E-state index in [4.69, 9.17) is 16.3 Å². The second-order valence-corrected chi connectivity index (χ2v) is 6.68. The summed E-state index contributed by atoms with van der Waals surface area (Å²) in [5.41, 5.74) is -0.123. The Kier molecular flexibility index (Phi) is 6.60. The number of carbonyl (C=O) groups is 2. The van der Waals surface area contributed by atoms with Crippen molar-refractivity contribution in [1.82, 2.24) is 4.90 Å². The van der Waals surface area contributed by atoms with Gasteiger partial charge in [0.05, 0.1) is 23.6 Å². The SMILES string of the molecule is COC(=O)C(C)CN(C(=O)c1c(F)cccc1Cl)C1CCCCC1. The topological polar surface area (TPSA) is 46.6 Å². The molecule has 1 aromatic carbocycles. The van der Waals surface area contributed by atoms with E-state index in [1.54, 1.807) is 11.8 Å². The Bertz CT molecular complexity index is 582. The summed E-state index contributed by atoms with van der Waals surface area (Å²) in [5.74, 6) is -1.96. The predicted octanol–water partition coefficient (Wildman–Crippen LogP) is 4.06. The van der Waals surface area contributed by atoms with Gasteiger partial charge in [-0.05, 0) is 25.0 Å². The molecule has 2 rings (SSSR count). The van der Waals surface area contributed by atoms with E-state index in [0.29, 0.717) is 0 Å². The van der Waals surface area contributed by atoms with E-state index in [1.165, 1.54) is 25.3 Å². The highest BCUT2D eigenvalue weighted by atomic mass is 35.5. The maximum atomic E-state index is 14.2. The van der Waals surface area contributed by atoms with Gasteiger partial charge in [-0.1, -0.05) is 43.9 Å². The van der Waals surface area contributed by atoms with E-state index in [2.05, 4.69) is 0 Å². The lowest BCUT2D eigenvalue weighted by Crippen LogP contribution is -2.45. The molecule has 0 spiro atoms. The average Bonchev–Trinajstić information content (AvgIpc) is 2.59. The molecule has 0 bridgehead atoms. The van der Waals surface area contributed by atoms with Gasteiger partial charge in [0.25, 0.3) is 5.91 Å². The fourth-order valence-electron chi connectivity index (χ4n) is 3.21. The Balaban J connectivity index is 2.30. The molecule has 6 heteroatoms. The molecule has 0 aliphatic heterocycles. The third kappa shape index (κ3) is 4.26. The Morgan fingerprint density at radius 3 is 2.58 bits per heavy atom. The van der Waals surface area contributed by atoms with Crippen molar-refractivity contribution in [3.05, 3.63) is 34.6 Å². The first kappa shape index (κ1) is 18.7. The van der Waals surface area contributed by atoms with Gasteiger partial charge in [0, 0.05) is 12.6 Å². The summed E-state index contributed by atoms with van der Waals surface area (Å²) in [4.78, 5) is 26.3. The molecule has 1 atom stereocenters. The number of nitrogens with zero attached hydrogens (tertiary/aromatic N) is 1. The minimum Gasteiger partial charge on any atom is -0.469 e. The molecule has 1 aromatic rings. The van der Waals surface area contributed by atoms with Crippen LogP contribution in [0.4, 0.5) is 4.39 Å². The maximum absolute atomic E-state index is 14.2. The lowest BCUT2D eigenvalue weighted by molar-refractivity contribution is -0.145. The van der Waals surface area contributed by atoms with Crippen molar-refractivity contribution in [3.8, 4) is 0 Å². The summed E-state index contributed by atoms with van der Waals surface area (Å²) in [5, 5.41) is 0.0894. The van der Waals surface area contributed by atoms with Gasteiger partial charge >= 0.3 is 5.97 Å². The number of hydrogen-bond donors (Lipinski definition) is 0. The normalized spacial score (nSPS) is 16.5. The number of halogens is 2. The van der Waals surface area contributed by atoms with Crippen LogP contribution in [-0.2, 0) is 9.53 Å². The summed E-state index contributed by atoms with van der Waals surface area (Å²) in [6.45, 7) is 1.90. The van der Waals surface area contributed by atoms with E-state index < -0.39 is 17.6 Å². The highest BCUT2D eigenvalue weighted by molar-refractivity contribution is 6.33. The molecule has 132 valence electrons. The van der Waals surface area contributed by atoms with E-state index >= 15 is 0 Å². The number of hydrogen-bond acceptors (Lipinski definition) is 3. The molecular weight excluding hydrogens is 333 g/mol. The number of amides is 1. The standard InChI is InChI=1S/C18H23ClFNO3/c1-12(18(23)24-2)11-21(13-7-4-3-5-8-13)17(22)16-14(19)9-6-10-15(16)20/h6,9-10,12-13H,3-5,7-8,11H2,1-2H3. The molecule has 1 saturated carbocycles. The van der Waals surface area contributed by atoms with Crippen molar-refractivity contribution in [1.29, 1.82) is 0 Å². The molecule has 1 aliphatic carbocycles. The second-order valence-electron chi connectivity index (χ2n) is 6.27. The van der Waals surface area contributed by atoms with Crippen LogP contribution in [0.15, 0.2) is 18.2 Å². The van der Waals surface area contributed by atoms with Crippen molar-refractivity contribution >= 4 is 23.5 Å². The maximum Gasteiger partial charge on any atom is 0.310 e. The molecule has 0 radical (unpaired) electrons. The van der Waals surface area contributed by atoms with Gasteiger partial charge in [-0.15, -0.1) is 0 Å². The summed E-state index contributed by atoms with van der Waals surface area (Å²) < 4.78 is 18.9. The molecule has 1 fully saturated rings. The lowest BCUT2D eigenvalue weighted by Gasteiger charge is -2.36. The van der Waals surface area contributed by atoms with E-state index in [9.17, 15) is 14.0 Å². The van der Waals surface area contributed by atoms with Crippen molar-refractivity contribution in [2.24, 2.45) is 5.92 Å². The first-order valence-corrected chi connectivity index (χ1v) is 8.66. The van der Waals surface area contributed by atoms with Crippen LogP contribution in [0.5, 0.6) is 0 Å². The molecule has 1 unspecified atom stereocenters. The Hall–Kier alpha value is -1.62. The first-order chi connectivity index (χ1) is 11.5. The van der Waals surface area contributed by atoms with E-state index in [-0.39, 0.29) is 29.1 Å². The van der Waals surface area contributed by atoms with Gasteiger partial charge in [0.15, 0.2) is 0 Å². The minimum absolute atomic E-state index is 0.00553. The van der Waals surface area contributed by atoms with Crippen LogP contribution >= 0.6 is 11.6 Å². The number of benzene rings is 1. The van der Waals surface area contributed by atoms with Gasteiger partial charge in [-0.2, -0.15) is 0 Å². The van der Waals surface area contributed by atoms with Gasteiger partial charge in [0.1, 0.15) is 5.82 Å². The smallest absolute Gasteiger partial charge is 0.310 e. The Morgan fingerprint density at radius 1 is 1.33 bits per heavy atom. The Morgan fingerprint density at radius 2 is 2.00 bits per heavy atom. The van der Waals surface area contributed by atoms with E-state index in [1.807, 2.05) is 0 Å². The summed E-state index contributed by atoms with van der Waals surface area (Å²) in [6.07, 6.45) is 4.88. The number of esters is 1. The third-order valence-corrected chi connectivity index (χ3v) is 4.84. The van der Waals surface area contributed by atoms with Crippen molar-refractivity contribution in [2.75, 3.05) is 13.7 Å². The van der Waals surface area contributed by atoms with Crippen LogP contribution in [0.3, 0.4) is 0 Å². The van der Waals surface area contributed by atoms with Gasteiger partial charge in [-0.25, -0.2) is 4.39 Å². The number of carbonyl (C=O) groups excluding carboxylic acids is 2. The van der Waals surface area contributed by atoms with Crippen molar-refractivity contribution < 1.29 is 18.7 Å². The Labute approximate surface area is 146 Å². The third-order valence-electron chi connectivity index (χ3n) is 4.53. The largest absolute Gasteiger partial charge is 0.469 e. The second kappa shape index (κ2) is 8.47. The summed E-state index contributed by atoms with van der Waals surface area (Å²) in [6, 6.07) is 4.19. The molecule has 4 nitrogen and oxygen atoms in total. The van der Waals surface area contributed by atoms with Crippen LogP contribution in [-0.4, -0.2) is 36.5 Å². The zero-order valence-corrected chi connectivity index (χ0v) is 14.8. The average molecular weight is 356 g/mol. The molecular formula is C18H23ClFNO3. The molecule has 0 aromatic heterocycles. The monoisotopic (exact) mass is 355 g/mol. The van der Waals surface area contributed by atoms with Gasteiger partial charge in [0.2, 0.25) is 0 Å². The molecule has 0 N–H and O–H groups in total. The quantitative estimate of drug-likeness (QED) is 0.748. The number of methoxy groups -OCH3 is 1. The zero-order valence-electron chi connectivity index (χ0n) is 14.1. The summed E-state index contributed by atoms with van der Waals surface area (Å²) in [7, 11) is 1.32. The summed E-state index contributed by atoms with van der Waals surface area (Å²) >= 11 is 6.05. The number of rotatable bonds is 5. The molecule has 1 aliphatic rings. The van der Waals surface area contributed by atoms with Gasteiger partial charge < -0.3 is 9.64 Å². The van der Waals surface area contributed by atoms with Crippen LogP contribution in [0.25, 0.3) is 0 Å². The molecule has 24 heavy (non-hydrogen) atoms. The fraction of sp³-hybridized carbons (Fsp3) is 0.556. The zero-order chi connectivity index (χ0) is 17.7. The van der Waals surface area contributed by atoms with Crippen LogP contribution in [0.1, 0.15) is 49.4 Å². The van der Waals surface area contributed by atoms with Crippen LogP contribution in [0, 0.1) is 11.7 Å². The fourth-order valence-corrected chi connectivity index (χ4v) is 3.45. The van der Waals surface area contributed by atoms with Crippen molar-refractivity contribution in [3.63, 3.8) is 0 Å². The minimum atomic E-state index is -0.640. The molecule has 0 heterocycles. The van der Waals surface area contributed by atoms with E-state index in [0.717, 1.165) is 32.1 Å². The molecule has 0 saturated heterocycles.